The molecule has 96 valence electrons. The number of halogens is 1. The van der Waals surface area contributed by atoms with Gasteiger partial charge in [0.15, 0.2) is 0 Å². The molecule has 1 aromatic carbocycles. The van der Waals surface area contributed by atoms with Gasteiger partial charge in [0.25, 0.3) is 0 Å². The van der Waals surface area contributed by atoms with Gasteiger partial charge in [-0.1, -0.05) is 17.7 Å². The molecule has 0 bridgehead atoms. The fraction of sp³-hybridized carbons (Fsp3) is 0.200. The van der Waals surface area contributed by atoms with E-state index >= 15 is 0 Å². The first-order chi connectivity index (χ1) is 8.28. The minimum absolute atomic E-state index is 0.0623. The Hall–Kier alpha value is -1.60. The van der Waals surface area contributed by atoms with Crippen molar-refractivity contribution in [1.82, 2.24) is 4.72 Å². The Bertz CT molecular complexity index is 641. The van der Waals surface area contributed by atoms with Gasteiger partial charge >= 0.3 is 15.3 Å². The molecule has 18 heavy (non-hydrogen) atoms. The molecule has 0 fully saturated rings. The molecular weight excluding hydrogens is 280 g/mol. The van der Waals surface area contributed by atoms with Gasteiger partial charge in [0.1, 0.15) is 0 Å². The van der Waals surface area contributed by atoms with Crippen molar-refractivity contribution < 1.29 is 18.0 Å². The average Bonchev–Trinajstić information content (AvgIpc) is 2.50. The molecule has 2 rings (SSSR count). The van der Waals surface area contributed by atoms with E-state index in [0.717, 1.165) is 10.5 Å². The van der Waals surface area contributed by atoms with Crippen LogP contribution in [0.5, 0.6) is 0 Å². The lowest BCUT2D eigenvalue weighted by molar-refractivity contribution is -0.116. The Morgan fingerprint density at radius 1 is 1.44 bits per heavy atom. The zero-order valence-corrected chi connectivity index (χ0v) is 10.9. The number of carbonyl (C=O) groups excluding carboxylic acids is 2. The van der Waals surface area contributed by atoms with Gasteiger partial charge in [0, 0.05) is 10.7 Å². The molecule has 1 aromatic rings. The zero-order valence-electron chi connectivity index (χ0n) is 9.31. The van der Waals surface area contributed by atoms with Gasteiger partial charge in [0.2, 0.25) is 5.91 Å². The number of nitrogens with zero attached hydrogens (tertiary/aromatic N) is 1. The third kappa shape index (κ3) is 2.46. The van der Waals surface area contributed by atoms with Gasteiger partial charge in [0.05, 0.1) is 12.1 Å². The quantitative estimate of drug-likeness (QED) is 0.784. The number of amides is 3. The second-order valence-electron chi connectivity index (χ2n) is 3.88. The van der Waals surface area contributed by atoms with Crippen LogP contribution in [0.2, 0.25) is 0 Å². The second-order valence-corrected chi connectivity index (χ2v) is 6.18. The molecule has 8 heteroatoms. The highest BCUT2D eigenvalue weighted by Gasteiger charge is 2.33. The molecule has 0 aliphatic carbocycles. The van der Waals surface area contributed by atoms with E-state index in [1.54, 1.807) is 22.9 Å². The van der Waals surface area contributed by atoms with Crippen molar-refractivity contribution in [2.24, 2.45) is 0 Å². The largest absolute Gasteiger partial charge is 0.343 e. The van der Waals surface area contributed by atoms with Crippen molar-refractivity contribution >= 4 is 37.5 Å². The van der Waals surface area contributed by atoms with Crippen molar-refractivity contribution in [2.75, 3.05) is 4.90 Å². The van der Waals surface area contributed by atoms with Crippen LogP contribution >= 0.6 is 10.7 Å². The van der Waals surface area contributed by atoms with Crippen LogP contribution in [0.25, 0.3) is 0 Å². The molecule has 0 spiro atoms. The van der Waals surface area contributed by atoms with Crippen LogP contribution in [0.15, 0.2) is 18.2 Å². The van der Waals surface area contributed by atoms with Crippen LogP contribution < -0.4 is 9.62 Å². The van der Waals surface area contributed by atoms with Crippen LogP contribution in [-0.4, -0.2) is 20.4 Å². The van der Waals surface area contributed by atoms with Crippen molar-refractivity contribution in [3.63, 3.8) is 0 Å². The summed E-state index contributed by atoms with van der Waals surface area (Å²) in [5, 5.41) is 0. The normalized spacial score (nSPS) is 14.6. The van der Waals surface area contributed by atoms with Crippen molar-refractivity contribution in [3.8, 4) is 0 Å². The average molecular weight is 289 g/mol. The first kappa shape index (κ1) is 12.8. The fourth-order valence-electron chi connectivity index (χ4n) is 1.82. The van der Waals surface area contributed by atoms with E-state index in [2.05, 4.69) is 0 Å². The summed E-state index contributed by atoms with van der Waals surface area (Å²) in [5.41, 5.74) is 2.01. The van der Waals surface area contributed by atoms with Gasteiger partial charge in [-0.15, -0.1) is 0 Å². The molecule has 0 atom stereocenters. The summed E-state index contributed by atoms with van der Waals surface area (Å²) in [5.74, 6) is -0.492. The highest BCUT2D eigenvalue weighted by atomic mass is 35.7. The van der Waals surface area contributed by atoms with E-state index in [9.17, 15) is 18.0 Å². The maximum absolute atomic E-state index is 11.7. The smallest absolute Gasteiger partial charge is 0.274 e. The van der Waals surface area contributed by atoms with Crippen LogP contribution in [0.4, 0.5) is 10.5 Å². The highest BCUT2D eigenvalue weighted by Crippen LogP contribution is 2.29. The predicted molar refractivity (Wildman–Crippen MR) is 65.7 cm³/mol. The SMILES string of the molecule is Cc1ccc2c(c1)CC(=O)N2C(=O)NS(=O)(=O)Cl. The van der Waals surface area contributed by atoms with Gasteiger partial charge in [-0.25, -0.2) is 14.4 Å². The number of hydrogen-bond acceptors (Lipinski definition) is 4. The Balaban J connectivity index is 2.37. The molecule has 3 amide bonds. The number of imide groups is 1. The number of aryl methyl sites for hydroxylation is 1. The highest BCUT2D eigenvalue weighted by molar-refractivity contribution is 8.12. The molecule has 0 aromatic heterocycles. The van der Waals surface area contributed by atoms with Gasteiger partial charge in [-0.05, 0) is 18.6 Å². The third-order valence-corrected chi connectivity index (χ3v) is 3.13. The van der Waals surface area contributed by atoms with Gasteiger partial charge < -0.3 is 0 Å². The lowest BCUT2D eigenvalue weighted by Gasteiger charge is -2.14. The zero-order chi connectivity index (χ0) is 13.5. The number of benzene rings is 1. The molecule has 0 unspecified atom stereocenters. The third-order valence-electron chi connectivity index (χ3n) is 2.48. The number of urea groups is 1. The Kier molecular flexibility index (Phi) is 3.04. The van der Waals surface area contributed by atoms with E-state index in [-0.39, 0.29) is 6.42 Å². The molecule has 1 aliphatic heterocycles. The second kappa shape index (κ2) is 4.25. The lowest BCUT2D eigenvalue weighted by atomic mass is 10.1. The van der Waals surface area contributed by atoms with Crippen molar-refractivity contribution in [1.29, 1.82) is 0 Å². The summed E-state index contributed by atoms with van der Waals surface area (Å²) in [6.07, 6.45) is 0.0623. The van der Waals surface area contributed by atoms with E-state index < -0.39 is 21.2 Å². The molecule has 0 saturated heterocycles. The number of fused-ring (bicyclic) bond motifs is 1. The summed E-state index contributed by atoms with van der Waals surface area (Å²) in [7, 11) is 0.693. The number of nitrogens with one attached hydrogen (secondary N) is 1. The summed E-state index contributed by atoms with van der Waals surface area (Å²) in [4.78, 5) is 24.1. The summed E-state index contributed by atoms with van der Waals surface area (Å²) in [6.45, 7) is 1.86. The fourth-order valence-corrected chi connectivity index (χ4v) is 2.32. The van der Waals surface area contributed by atoms with Crippen LogP contribution in [0.3, 0.4) is 0 Å². The topological polar surface area (TPSA) is 83.6 Å². The number of carbonyl (C=O) groups is 2. The molecule has 6 nitrogen and oxygen atoms in total. The van der Waals surface area contributed by atoms with E-state index in [0.29, 0.717) is 11.3 Å². The van der Waals surface area contributed by atoms with Crippen molar-refractivity contribution in [2.45, 2.75) is 13.3 Å². The first-order valence-corrected chi connectivity index (χ1v) is 7.28. The lowest BCUT2D eigenvalue weighted by Crippen LogP contribution is -2.43. The van der Waals surface area contributed by atoms with Crippen LogP contribution in [-0.2, 0) is 20.5 Å². The maximum Gasteiger partial charge on any atom is 0.343 e. The van der Waals surface area contributed by atoms with Gasteiger partial charge in [-0.2, -0.15) is 8.42 Å². The molecule has 0 saturated carbocycles. The summed E-state index contributed by atoms with van der Waals surface area (Å²) < 4.78 is 23.1. The first-order valence-electron chi connectivity index (χ1n) is 4.97. The number of anilines is 1. The predicted octanol–water partition coefficient (Wildman–Crippen LogP) is 1.08. The molecule has 1 N–H and O–H groups in total. The number of hydrogen-bond donors (Lipinski definition) is 1. The van der Waals surface area contributed by atoms with E-state index in [1.807, 2.05) is 6.92 Å². The van der Waals surface area contributed by atoms with E-state index in [4.69, 9.17) is 10.7 Å². The minimum atomic E-state index is -4.22. The Labute approximate surface area is 108 Å². The Morgan fingerprint density at radius 3 is 2.72 bits per heavy atom. The maximum atomic E-state index is 11.7. The summed E-state index contributed by atoms with van der Waals surface area (Å²) in [6, 6.07) is 4.02. The monoisotopic (exact) mass is 288 g/mol. The van der Waals surface area contributed by atoms with Gasteiger partial charge in [-0.3, -0.25) is 4.79 Å². The molecular formula is C10H9ClN2O4S. The minimum Gasteiger partial charge on any atom is -0.274 e. The van der Waals surface area contributed by atoms with E-state index in [1.165, 1.54) is 0 Å². The number of rotatable bonds is 1. The van der Waals surface area contributed by atoms with Crippen molar-refractivity contribution in [3.05, 3.63) is 29.3 Å². The molecule has 1 heterocycles. The van der Waals surface area contributed by atoms with Crippen LogP contribution in [0, 0.1) is 6.92 Å². The summed E-state index contributed by atoms with van der Waals surface area (Å²) >= 11 is 0. The Morgan fingerprint density at radius 2 is 2.11 bits per heavy atom. The molecule has 0 radical (unpaired) electrons. The standard InChI is InChI=1S/C10H9ClN2O4S/c1-6-2-3-8-7(4-6)5-9(14)13(8)10(15)12-18(11,16)17/h2-4H,5H2,1H3,(H,12,15). The molecule has 1 aliphatic rings. The van der Waals surface area contributed by atoms with Crippen LogP contribution in [0.1, 0.15) is 11.1 Å².